The lowest BCUT2D eigenvalue weighted by atomic mass is 9.95. The Morgan fingerprint density at radius 3 is 2.27 bits per heavy atom. The molecule has 0 radical (unpaired) electrons. The van der Waals surface area contributed by atoms with Gasteiger partial charge in [0.15, 0.2) is 12.6 Å². The number of carbonyl (C=O) groups excluding carboxylic acids is 3. The number of rotatable bonds is 8. The third kappa shape index (κ3) is 5.60. The summed E-state index contributed by atoms with van der Waals surface area (Å²) in [7, 11) is 0. The van der Waals surface area contributed by atoms with E-state index in [2.05, 4.69) is 10.6 Å². The van der Waals surface area contributed by atoms with Crippen molar-refractivity contribution >= 4 is 17.8 Å². The lowest BCUT2D eigenvalue weighted by Crippen LogP contribution is -2.68. The molecule has 33 heavy (non-hydrogen) atoms. The van der Waals surface area contributed by atoms with Crippen LogP contribution in [0.15, 0.2) is 0 Å². The first-order chi connectivity index (χ1) is 15.5. The van der Waals surface area contributed by atoms with Gasteiger partial charge in [0, 0.05) is 13.8 Å². The number of fused-ring (bicyclic) bond motifs is 2. The summed E-state index contributed by atoms with van der Waals surface area (Å²) >= 11 is 0. The number of carbonyl (C=O) groups is 3. The molecule has 14 nitrogen and oxygen atoms in total. The quantitative estimate of drug-likeness (QED) is 0.223. The SMILES string of the molecule is CC(=O)N[C@H]1[C@H](O[C@H]2[C@H](O[C@H](C)C(=O)[O-])[C@@H](NC(C)=O)[C@@H]3OC[C@H]2O3)O[C@H](CO)[C@@H](O)[C@@H]1O. The van der Waals surface area contributed by atoms with Crippen molar-refractivity contribution in [1.82, 2.24) is 10.6 Å². The van der Waals surface area contributed by atoms with Gasteiger partial charge < -0.3 is 59.5 Å². The van der Waals surface area contributed by atoms with Crippen molar-refractivity contribution in [3.63, 3.8) is 0 Å². The molecule has 3 aliphatic rings. The zero-order chi connectivity index (χ0) is 24.4. The predicted molar refractivity (Wildman–Crippen MR) is 102 cm³/mol. The van der Waals surface area contributed by atoms with Crippen molar-refractivity contribution in [2.45, 2.75) is 88.2 Å². The molecule has 188 valence electrons. The lowest BCUT2D eigenvalue weighted by Gasteiger charge is -2.47. The average molecular weight is 477 g/mol. The summed E-state index contributed by atoms with van der Waals surface area (Å²) in [5.41, 5.74) is 0. The number of nitrogens with one attached hydrogen (secondary N) is 2. The van der Waals surface area contributed by atoms with Crippen LogP contribution < -0.4 is 15.7 Å². The first-order valence-electron chi connectivity index (χ1n) is 10.5. The molecule has 3 fully saturated rings. The topological polar surface area (TPSA) is 205 Å². The monoisotopic (exact) mass is 477 g/mol. The first-order valence-corrected chi connectivity index (χ1v) is 10.5. The molecule has 0 aliphatic carbocycles. The number of amides is 2. The summed E-state index contributed by atoms with van der Waals surface area (Å²) in [5.74, 6) is -2.52. The maximum absolute atomic E-state index is 11.8. The standard InChI is InChI=1S/C19H30N2O12/c1-6(17(27)28)30-16-12(21-8(3)24)18-29-5-10(32-18)15(16)33-19-11(20-7(2)23)14(26)13(25)9(4-22)31-19/h6,9-16,18-19,22,25-26H,4-5H2,1-3H3,(H,20,23)(H,21,24)(H,27,28)/p-1/t6-,9-,10-,11-,12-,13-,14-,15-,16-,18-,19+/m1/s1. The lowest BCUT2D eigenvalue weighted by molar-refractivity contribution is -0.330. The Balaban J connectivity index is 1.91. The molecule has 14 heteroatoms. The van der Waals surface area contributed by atoms with Crippen LogP contribution in [0.2, 0.25) is 0 Å². The Bertz CT molecular complexity index is 738. The number of hydrogen-bond donors (Lipinski definition) is 5. The van der Waals surface area contributed by atoms with E-state index < -0.39 is 91.8 Å². The fourth-order valence-electron chi connectivity index (χ4n) is 4.12. The molecule has 0 saturated carbocycles. The number of aliphatic hydroxyl groups is 3. The molecule has 0 spiro atoms. The van der Waals surface area contributed by atoms with Crippen molar-refractivity contribution in [1.29, 1.82) is 0 Å². The van der Waals surface area contributed by atoms with Crippen molar-refractivity contribution in [2.75, 3.05) is 13.2 Å². The Hall–Kier alpha value is -1.91. The van der Waals surface area contributed by atoms with Crippen LogP contribution in [0.5, 0.6) is 0 Å². The molecule has 11 atom stereocenters. The van der Waals surface area contributed by atoms with Gasteiger partial charge in [-0.2, -0.15) is 0 Å². The highest BCUT2D eigenvalue weighted by molar-refractivity contribution is 5.74. The number of hydrogen-bond acceptors (Lipinski definition) is 12. The molecular weight excluding hydrogens is 448 g/mol. The van der Waals surface area contributed by atoms with E-state index in [1.54, 1.807) is 0 Å². The molecule has 0 aromatic heterocycles. The van der Waals surface area contributed by atoms with E-state index >= 15 is 0 Å². The predicted octanol–water partition coefficient (Wildman–Crippen LogP) is -4.90. The molecule has 3 heterocycles. The minimum Gasteiger partial charge on any atom is -0.547 e. The van der Waals surface area contributed by atoms with Crippen molar-refractivity contribution in [2.24, 2.45) is 0 Å². The fraction of sp³-hybridized carbons (Fsp3) is 0.842. The molecule has 3 rings (SSSR count). The summed E-state index contributed by atoms with van der Waals surface area (Å²) in [6, 6.07) is -2.22. The molecule has 0 unspecified atom stereocenters. The average Bonchev–Trinajstić information content (AvgIpc) is 3.18. The summed E-state index contributed by atoms with van der Waals surface area (Å²) in [6.07, 6.45) is -11.1. The van der Waals surface area contributed by atoms with Crippen LogP contribution in [-0.2, 0) is 38.1 Å². The van der Waals surface area contributed by atoms with Crippen LogP contribution in [0, 0.1) is 0 Å². The van der Waals surface area contributed by atoms with Gasteiger partial charge in [-0.3, -0.25) is 9.59 Å². The smallest absolute Gasteiger partial charge is 0.217 e. The third-order valence-corrected chi connectivity index (χ3v) is 5.68. The van der Waals surface area contributed by atoms with Gasteiger partial charge >= 0.3 is 0 Å². The van der Waals surface area contributed by atoms with Crippen LogP contribution in [-0.4, -0.2) is 114 Å². The van der Waals surface area contributed by atoms with E-state index in [1.165, 1.54) is 20.8 Å². The molecule has 5 N–H and O–H groups in total. The van der Waals surface area contributed by atoms with Gasteiger partial charge in [-0.05, 0) is 6.92 Å². The van der Waals surface area contributed by atoms with Gasteiger partial charge in [0.05, 0.1) is 25.3 Å². The first kappa shape index (κ1) is 25.7. The van der Waals surface area contributed by atoms with E-state index in [-0.39, 0.29) is 6.61 Å². The molecule has 0 aromatic rings. The minimum absolute atomic E-state index is 0.0110. The number of carboxylic acids is 1. The maximum atomic E-state index is 11.8. The Morgan fingerprint density at radius 2 is 1.70 bits per heavy atom. The third-order valence-electron chi connectivity index (χ3n) is 5.68. The van der Waals surface area contributed by atoms with Gasteiger partial charge in [0.2, 0.25) is 11.8 Å². The molecule has 0 aromatic carbocycles. The number of aliphatic hydroxyl groups excluding tert-OH is 3. The second-order valence-electron chi connectivity index (χ2n) is 8.20. The largest absolute Gasteiger partial charge is 0.547 e. The van der Waals surface area contributed by atoms with Crippen LogP contribution in [0.1, 0.15) is 20.8 Å². The molecule has 3 aliphatic heterocycles. The van der Waals surface area contributed by atoms with Gasteiger partial charge in [-0.25, -0.2) is 0 Å². The number of aliphatic carboxylic acids is 1. The fourth-order valence-corrected chi connectivity index (χ4v) is 4.12. The Kier molecular flexibility index (Phi) is 8.23. The second kappa shape index (κ2) is 10.6. The van der Waals surface area contributed by atoms with Crippen LogP contribution in [0.4, 0.5) is 0 Å². The highest BCUT2D eigenvalue weighted by Gasteiger charge is 2.55. The summed E-state index contributed by atoms with van der Waals surface area (Å²) < 4.78 is 28.6. The summed E-state index contributed by atoms with van der Waals surface area (Å²) in [6.45, 7) is 3.03. The number of carboxylic acid groups (broad SMARTS) is 1. The van der Waals surface area contributed by atoms with E-state index in [0.29, 0.717) is 0 Å². The van der Waals surface area contributed by atoms with Gasteiger partial charge in [0.1, 0.15) is 48.7 Å². The molecular formula is C19H29N2O12-. The van der Waals surface area contributed by atoms with E-state index in [1.807, 2.05) is 0 Å². The Morgan fingerprint density at radius 1 is 1.06 bits per heavy atom. The molecule has 2 amide bonds. The van der Waals surface area contributed by atoms with Gasteiger partial charge in [0.25, 0.3) is 0 Å². The van der Waals surface area contributed by atoms with Gasteiger partial charge in [-0.15, -0.1) is 0 Å². The van der Waals surface area contributed by atoms with Crippen molar-refractivity contribution < 1.29 is 58.5 Å². The minimum atomic E-state index is -1.56. The molecule has 2 bridgehead atoms. The maximum Gasteiger partial charge on any atom is 0.217 e. The van der Waals surface area contributed by atoms with Crippen LogP contribution >= 0.6 is 0 Å². The highest BCUT2D eigenvalue weighted by atomic mass is 16.8. The van der Waals surface area contributed by atoms with Crippen LogP contribution in [0.3, 0.4) is 0 Å². The van der Waals surface area contributed by atoms with Crippen molar-refractivity contribution in [3.8, 4) is 0 Å². The van der Waals surface area contributed by atoms with E-state index in [0.717, 1.165) is 0 Å². The van der Waals surface area contributed by atoms with Crippen molar-refractivity contribution in [3.05, 3.63) is 0 Å². The van der Waals surface area contributed by atoms with Crippen LogP contribution in [0.25, 0.3) is 0 Å². The summed E-state index contributed by atoms with van der Waals surface area (Å²) in [4.78, 5) is 34.8. The highest BCUT2D eigenvalue weighted by Crippen LogP contribution is 2.35. The van der Waals surface area contributed by atoms with E-state index in [4.69, 9.17) is 23.7 Å². The van der Waals surface area contributed by atoms with E-state index in [9.17, 15) is 34.8 Å². The molecule has 3 saturated heterocycles. The zero-order valence-corrected chi connectivity index (χ0v) is 18.3. The summed E-state index contributed by atoms with van der Waals surface area (Å²) in [5, 5.41) is 46.6. The Labute approximate surface area is 189 Å². The zero-order valence-electron chi connectivity index (χ0n) is 18.3. The normalized spacial score (nSPS) is 41.3. The van der Waals surface area contributed by atoms with Gasteiger partial charge in [-0.1, -0.05) is 0 Å². The number of ether oxygens (including phenoxy) is 5. The second-order valence-corrected chi connectivity index (χ2v) is 8.20.